The molecule has 0 saturated carbocycles. The van der Waals surface area contributed by atoms with E-state index in [0.717, 1.165) is 42.9 Å². The minimum absolute atomic E-state index is 0. The number of aromatic nitrogens is 2. The molecule has 0 radical (unpaired) electrons. The fourth-order valence-electron chi connectivity index (χ4n) is 3.67. The Morgan fingerprint density at radius 2 is 1.90 bits per heavy atom. The number of carbonyl (C=O) groups is 1. The van der Waals surface area contributed by atoms with Gasteiger partial charge in [-0.1, -0.05) is 35.9 Å². The number of anilines is 1. The van der Waals surface area contributed by atoms with Crippen LogP contribution < -0.4 is 10.6 Å². The van der Waals surface area contributed by atoms with Crippen LogP contribution in [0, 0.1) is 6.92 Å². The molecule has 2 heterocycles. The van der Waals surface area contributed by atoms with Gasteiger partial charge in [0, 0.05) is 16.6 Å². The molecule has 152 valence electrons. The number of carbonyl (C=O) groups excluding carboxylic acids is 1. The summed E-state index contributed by atoms with van der Waals surface area (Å²) in [6, 6.07) is 15.5. The van der Waals surface area contributed by atoms with Gasteiger partial charge in [-0.3, -0.25) is 4.79 Å². The van der Waals surface area contributed by atoms with E-state index in [1.165, 1.54) is 0 Å². The Balaban J connectivity index is 0.00000240. The lowest BCUT2D eigenvalue weighted by Crippen LogP contribution is -2.29. The summed E-state index contributed by atoms with van der Waals surface area (Å²) >= 11 is 6.21. The first-order valence-electron chi connectivity index (χ1n) is 9.55. The van der Waals surface area contributed by atoms with Gasteiger partial charge in [0.2, 0.25) is 0 Å². The molecule has 0 aliphatic carbocycles. The molecule has 1 aliphatic heterocycles. The molecular weight excluding hydrogens is 407 g/mol. The zero-order valence-electron chi connectivity index (χ0n) is 16.2. The molecule has 3 aromatic rings. The molecule has 1 aromatic heterocycles. The number of halogens is 2. The van der Waals surface area contributed by atoms with Gasteiger partial charge in [0.1, 0.15) is 0 Å². The summed E-state index contributed by atoms with van der Waals surface area (Å²) in [5.74, 6) is 0.127. The first-order chi connectivity index (χ1) is 13.6. The van der Waals surface area contributed by atoms with Crippen molar-refractivity contribution >= 4 is 35.6 Å². The fourth-order valence-corrected chi connectivity index (χ4v) is 3.85. The second kappa shape index (κ2) is 9.44. The van der Waals surface area contributed by atoms with Crippen molar-refractivity contribution in [3.63, 3.8) is 0 Å². The SMILES string of the molecule is Cc1ccc(NC(=O)c2cnn(-c3ccccc3)c2C2CCNCC2)cc1Cl.Cl. The predicted octanol–water partition coefficient (Wildman–Crippen LogP) is 4.98. The Hall–Kier alpha value is -2.34. The standard InChI is InChI=1S/C22H23ClN4O.ClH/c1-15-7-8-17(13-20(15)23)26-22(28)19-14-25-27(18-5-3-2-4-6-18)21(19)16-9-11-24-12-10-16;/h2-8,13-14,16,24H,9-12H2,1H3,(H,26,28);1H. The maximum atomic E-state index is 13.1. The van der Waals surface area contributed by atoms with E-state index in [4.69, 9.17) is 11.6 Å². The molecular formula is C22H24Cl2N4O. The van der Waals surface area contributed by atoms with E-state index in [0.29, 0.717) is 16.3 Å². The second-order valence-electron chi connectivity index (χ2n) is 7.13. The third kappa shape index (κ3) is 4.64. The summed E-state index contributed by atoms with van der Waals surface area (Å²) in [6.07, 6.45) is 3.64. The number of para-hydroxylation sites is 1. The van der Waals surface area contributed by atoms with Crippen LogP contribution in [0.15, 0.2) is 54.7 Å². The smallest absolute Gasteiger partial charge is 0.259 e. The van der Waals surface area contributed by atoms with Crippen LogP contribution in [0.25, 0.3) is 5.69 Å². The highest BCUT2D eigenvalue weighted by molar-refractivity contribution is 6.31. The average molecular weight is 431 g/mol. The first-order valence-corrected chi connectivity index (χ1v) is 9.93. The number of hydrogen-bond donors (Lipinski definition) is 2. The van der Waals surface area contributed by atoms with Gasteiger partial charge in [-0.2, -0.15) is 5.10 Å². The minimum atomic E-state index is -0.157. The van der Waals surface area contributed by atoms with Crippen LogP contribution in [0.4, 0.5) is 5.69 Å². The van der Waals surface area contributed by atoms with Crippen LogP contribution in [-0.4, -0.2) is 28.8 Å². The number of nitrogens with zero attached hydrogens (tertiary/aromatic N) is 2. The highest BCUT2D eigenvalue weighted by atomic mass is 35.5. The lowest BCUT2D eigenvalue weighted by Gasteiger charge is -2.24. The molecule has 0 atom stereocenters. The summed E-state index contributed by atoms with van der Waals surface area (Å²) in [5, 5.41) is 11.6. The van der Waals surface area contributed by atoms with Crippen molar-refractivity contribution in [3.8, 4) is 5.69 Å². The maximum Gasteiger partial charge on any atom is 0.259 e. The summed E-state index contributed by atoms with van der Waals surface area (Å²) < 4.78 is 1.91. The first kappa shape index (κ1) is 21.4. The average Bonchev–Trinajstić information content (AvgIpc) is 3.17. The number of amides is 1. The van der Waals surface area contributed by atoms with Crippen molar-refractivity contribution < 1.29 is 4.79 Å². The topological polar surface area (TPSA) is 59.0 Å². The molecule has 1 amide bonds. The van der Waals surface area contributed by atoms with Crippen LogP contribution >= 0.6 is 24.0 Å². The van der Waals surface area contributed by atoms with E-state index in [2.05, 4.69) is 15.7 Å². The van der Waals surface area contributed by atoms with Crippen molar-refractivity contribution in [3.05, 3.63) is 76.6 Å². The van der Waals surface area contributed by atoms with Gasteiger partial charge in [0.15, 0.2) is 0 Å². The molecule has 1 aliphatic rings. The molecule has 4 rings (SSSR count). The summed E-state index contributed by atoms with van der Waals surface area (Å²) in [6.45, 7) is 3.82. The van der Waals surface area contributed by atoms with Gasteiger partial charge < -0.3 is 10.6 Å². The quantitative estimate of drug-likeness (QED) is 0.613. The van der Waals surface area contributed by atoms with E-state index < -0.39 is 0 Å². The van der Waals surface area contributed by atoms with Crippen LogP contribution in [-0.2, 0) is 0 Å². The monoisotopic (exact) mass is 430 g/mol. The predicted molar refractivity (Wildman–Crippen MR) is 120 cm³/mol. The highest BCUT2D eigenvalue weighted by Gasteiger charge is 2.27. The lowest BCUT2D eigenvalue weighted by atomic mass is 9.91. The lowest BCUT2D eigenvalue weighted by molar-refractivity contribution is 0.102. The maximum absolute atomic E-state index is 13.1. The van der Waals surface area contributed by atoms with E-state index >= 15 is 0 Å². The Labute approximate surface area is 181 Å². The Bertz CT molecular complexity index is 982. The Morgan fingerprint density at radius 3 is 2.59 bits per heavy atom. The van der Waals surface area contributed by atoms with Gasteiger partial charge in [-0.15, -0.1) is 12.4 Å². The second-order valence-corrected chi connectivity index (χ2v) is 7.54. The van der Waals surface area contributed by atoms with Crippen LogP contribution in [0.5, 0.6) is 0 Å². The number of benzene rings is 2. The van der Waals surface area contributed by atoms with Crippen LogP contribution in [0.2, 0.25) is 5.02 Å². The molecule has 5 nitrogen and oxygen atoms in total. The number of rotatable bonds is 4. The summed E-state index contributed by atoms with van der Waals surface area (Å²) in [7, 11) is 0. The van der Waals surface area contributed by atoms with Gasteiger partial charge in [-0.25, -0.2) is 4.68 Å². The van der Waals surface area contributed by atoms with Gasteiger partial charge >= 0.3 is 0 Å². The number of aryl methyl sites for hydroxylation is 1. The van der Waals surface area contributed by atoms with Crippen molar-refractivity contribution in [2.45, 2.75) is 25.7 Å². The largest absolute Gasteiger partial charge is 0.322 e. The number of piperidine rings is 1. The highest BCUT2D eigenvalue weighted by Crippen LogP contribution is 2.31. The van der Waals surface area contributed by atoms with Crippen molar-refractivity contribution in [2.24, 2.45) is 0 Å². The van der Waals surface area contributed by atoms with Crippen molar-refractivity contribution in [1.29, 1.82) is 0 Å². The molecule has 0 spiro atoms. The Morgan fingerprint density at radius 1 is 1.17 bits per heavy atom. The zero-order chi connectivity index (χ0) is 19.5. The summed E-state index contributed by atoms with van der Waals surface area (Å²) in [5.41, 5.74) is 4.22. The third-order valence-corrected chi connectivity index (χ3v) is 5.61. The van der Waals surface area contributed by atoms with E-state index in [1.54, 1.807) is 12.3 Å². The molecule has 7 heteroatoms. The molecule has 0 unspecified atom stereocenters. The van der Waals surface area contributed by atoms with Crippen molar-refractivity contribution in [1.82, 2.24) is 15.1 Å². The van der Waals surface area contributed by atoms with E-state index in [-0.39, 0.29) is 24.2 Å². The van der Waals surface area contributed by atoms with Crippen molar-refractivity contribution in [2.75, 3.05) is 18.4 Å². The van der Waals surface area contributed by atoms with Gasteiger partial charge in [0.25, 0.3) is 5.91 Å². The zero-order valence-corrected chi connectivity index (χ0v) is 17.8. The minimum Gasteiger partial charge on any atom is -0.322 e. The van der Waals surface area contributed by atoms with Gasteiger partial charge in [-0.05, 0) is 62.7 Å². The van der Waals surface area contributed by atoms with E-state index in [9.17, 15) is 4.79 Å². The molecule has 2 N–H and O–H groups in total. The van der Waals surface area contributed by atoms with Crippen LogP contribution in [0.3, 0.4) is 0 Å². The molecule has 1 saturated heterocycles. The normalized spacial score (nSPS) is 14.3. The molecule has 2 aromatic carbocycles. The molecule has 1 fully saturated rings. The number of hydrogen-bond acceptors (Lipinski definition) is 3. The van der Waals surface area contributed by atoms with Gasteiger partial charge in [0.05, 0.1) is 23.1 Å². The Kier molecular flexibility index (Phi) is 6.96. The molecule has 29 heavy (non-hydrogen) atoms. The van der Waals surface area contributed by atoms with Crippen LogP contribution in [0.1, 0.15) is 40.4 Å². The molecule has 0 bridgehead atoms. The third-order valence-electron chi connectivity index (χ3n) is 5.21. The number of nitrogens with one attached hydrogen (secondary N) is 2. The fraction of sp³-hybridized carbons (Fsp3) is 0.273. The van der Waals surface area contributed by atoms with E-state index in [1.807, 2.05) is 54.1 Å². The summed E-state index contributed by atoms with van der Waals surface area (Å²) in [4.78, 5) is 13.1.